The Balaban J connectivity index is 1.20. The Morgan fingerprint density at radius 3 is 2.63 bits per heavy atom. The van der Waals surface area contributed by atoms with Gasteiger partial charge in [-0.05, 0) is 85.6 Å². The molecule has 0 aromatic carbocycles. The first-order valence-corrected chi connectivity index (χ1v) is 16.2. The van der Waals surface area contributed by atoms with E-state index >= 15 is 0 Å². The number of thiazole rings is 1. The third-order valence-corrected chi connectivity index (χ3v) is 10.3. The van der Waals surface area contributed by atoms with Crippen molar-refractivity contribution in [1.29, 1.82) is 0 Å². The Morgan fingerprint density at radius 2 is 1.95 bits per heavy atom. The van der Waals surface area contributed by atoms with E-state index < -0.39 is 6.03 Å². The maximum absolute atomic E-state index is 13.7. The van der Waals surface area contributed by atoms with Gasteiger partial charge in [0, 0.05) is 31.4 Å². The van der Waals surface area contributed by atoms with Crippen LogP contribution in [0.25, 0.3) is 10.3 Å². The molecule has 5 heterocycles. The average molecular weight is 605 g/mol. The minimum atomic E-state index is -0.482. The van der Waals surface area contributed by atoms with Crippen LogP contribution >= 0.6 is 11.3 Å². The van der Waals surface area contributed by atoms with Crippen molar-refractivity contribution in [2.75, 3.05) is 31.1 Å². The Morgan fingerprint density at radius 1 is 1.16 bits per heavy atom. The van der Waals surface area contributed by atoms with Gasteiger partial charge >= 0.3 is 6.03 Å². The smallest absolute Gasteiger partial charge is 0.330 e. The zero-order valence-corrected chi connectivity index (χ0v) is 26.0. The fourth-order valence-corrected chi connectivity index (χ4v) is 7.36. The fourth-order valence-electron chi connectivity index (χ4n) is 6.48. The number of likely N-dealkylation sites (tertiary alicyclic amines) is 1. The van der Waals surface area contributed by atoms with Gasteiger partial charge in [0.05, 0.1) is 6.10 Å². The molecule has 2 fully saturated rings. The third-order valence-electron chi connectivity index (χ3n) is 9.31. The molecular weight excluding hydrogens is 564 g/mol. The minimum Gasteiger partial charge on any atom is -0.393 e. The summed E-state index contributed by atoms with van der Waals surface area (Å²) >= 11 is 1.38. The molecule has 11 heteroatoms. The van der Waals surface area contributed by atoms with Crippen molar-refractivity contribution < 1.29 is 19.5 Å². The number of aryl methyl sites for hydroxylation is 1. The highest BCUT2D eigenvalue weighted by Crippen LogP contribution is 2.38. The summed E-state index contributed by atoms with van der Waals surface area (Å²) in [6.07, 6.45) is 7.10. The number of fused-ring (bicyclic) bond motifs is 2. The van der Waals surface area contributed by atoms with E-state index in [4.69, 9.17) is 9.97 Å². The topological polar surface area (TPSA) is 129 Å². The zero-order chi connectivity index (χ0) is 30.3. The molecule has 2 aliphatic heterocycles. The van der Waals surface area contributed by atoms with Crippen molar-refractivity contribution in [2.24, 2.45) is 11.3 Å². The van der Waals surface area contributed by atoms with Gasteiger partial charge in [0.15, 0.2) is 10.8 Å². The van der Waals surface area contributed by atoms with Gasteiger partial charge in [-0.1, -0.05) is 38.2 Å². The molecule has 3 amide bonds. The largest absolute Gasteiger partial charge is 0.393 e. The van der Waals surface area contributed by atoms with E-state index in [2.05, 4.69) is 42.0 Å². The van der Waals surface area contributed by atoms with Gasteiger partial charge in [-0.3, -0.25) is 19.8 Å². The molecular formula is C32H40N6O4S. The second kappa shape index (κ2) is 12.0. The molecule has 3 aromatic heterocycles. The zero-order valence-electron chi connectivity index (χ0n) is 25.1. The van der Waals surface area contributed by atoms with E-state index in [0.29, 0.717) is 16.7 Å². The molecule has 3 aliphatic rings. The van der Waals surface area contributed by atoms with Crippen LogP contribution in [-0.4, -0.2) is 75.0 Å². The lowest BCUT2D eigenvalue weighted by Gasteiger charge is -2.34. The number of aromatic nitrogens is 3. The van der Waals surface area contributed by atoms with Crippen LogP contribution < -0.4 is 10.2 Å². The van der Waals surface area contributed by atoms with Crippen LogP contribution in [0.4, 0.5) is 10.6 Å². The van der Waals surface area contributed by atoms with Gasteiger partial charge in [0.25, 0.3) is 0 Å². The summed E-state index contributed by atoms with van der Waals surface area (Å²) in [5, 5.41) is 12.7. The average Bonchev–Trinajstić information content (AvgIpc) is 3.55. The highest BCUT2D eigenvalue weighted by atomic mass is 32.1. The monoisotopic (exact) mass is 604 g/mol. The number of pyridine rings is 2. The lowest BCUT2D eigenvalue weighted by Crippen LogP contribution is -2.37. The molecule has 0 bridgehead atoms. The number of ketones is 1. The van der Waals surface area contributed by atoms with Crippen molar-refractivity contribution in [3.63, 3.8) is 0 Å². The van der Waals surface area contributed by atoms with Crippen LogP contribution in [0, 0.1) is 11.3 Å². The Kier molecular flexibility index (Phi) is 8.32. The highest BCUT2D eigenvalue weighted by molar-refractivity contribution is 7.19. The number of imide groups is 1. The van der Waals surface area contributed by atoms with Crippen LogP contribution in [0.5, 0.6) is 0 Å². The Bertz CT molecular complexity index is 1520. The number of hydrogen-bond donors (Lipinski definition) is 2. The van der Waals surface area contributed by atoms with Gasteiger partial charge in [0.1, 0.15) is 22.7 Å². The number of aliphatic hydroxyl groups is 1. The lowest BCUT2D eigenvalue weighted by atomic mass is 9.71. The van der Waals surface area contributed by atoms with Crippen molar-refractivity contribution in [3.05, 3.63) is 46.2 Å². The molecule has 2 N–H and O–H groups in total. The van der Waals surface area contributed by atoms with Gasteiger partial charge in [-0.15, -0.1) is 0 Å². The summed E-state index contributed by atoms with van der Waals surface area (Å²) in [6, 6.07) is 5.30. The van der Waals surface area contributed by atoms with Crippen molar-refractivity contribution in [3.8, 4) is 0 Å². The minimum absolute atomic E-state index is 0.0128. The second-order valence-electron chi connectivity index (χ2n) is 13.3. The van der Waals surface area contributed by atoms with Gasteiger partial charge < -0.3 is 10.0 Å². The molecule has 2 atom stereocenters. The molecule has 0 spiro atoms. The van der Waals surface area contributed by atoms with Crippen molar-refractivity contribution in [1.82, 2.24) is 25.2 Å². The number of piperidine rings is 1. The normalized spacial score (nSPS) is 20.8. The van der Waals surface area contributed by atoms with Gasteiger partial charge in [0.2, 0.25) is 5.91 Å². The first-order chi connectivity index (χ1) is 20.5. The predicted molar refractivity (Wildman–Crippen MR) is 165 cm³/mol. The van der Waals surface area contributed by atoms with Crippen LogP contribution in [0.2, 0.25) is 0 Å². The number of carbonyl (C=O) groups is 3. The SMILES string of the molecule is CC(C)(C)[C@H]1CCc2nc3sc(C(=O)C[C@H](CCN4CCC(O)CC4)c4ccc(N5CC(=O)NC5=O)nc4)nc3cc2C1. The number of carbonyl (C=O) groups excluding carboxylic acids is 3. The molecule has 228 valence electrons. The number of nitrogens with zero attached hydrogens (tertiary/aromatic N) is 5. The maximum Gasteiger partial charge on any atom is 0.330 e. The quantitative estimate of drug-likeness (QED) is 0.284. The van der Waals surface area contributed by atoms with Crippen LogP contribution in [-0.2, 0) is 17.6 Å². The standard InChI is InChI=1S/C32H40N6O4S/c1-32(2,3)22-5-6-24-21(14-22)15-25-29(34-24)43-30(35-25)26(40)16-19(8-11-37-12-9-23(39)10-13-37)20-4-7-27(33-17-20)38-18-28(41)36-31(38)42/h4,7,15,17,19,22-23,39H,5-6,8-14,16,18H2,1-3H3,(H,36,41,42)/t19-,22-/m0/s1. The number of Topliss-reactive ketones (excluding diaryl/α,β-unsaturated/α-hetero) is 1. The predicted octanol–water partition coefficient (Wildman–Crippen LogP) is 4.50. The molecule has 3 aromatic rings. The summed E-state index contributed by atoms with van der Waals surface area (Å²) in [4.78, 5) is 56.1. The Labute approximate surface area is 255 Å². The van der Waals surface area contributed by atoms with E-state index in [9.17, 15) is 19.5 Å². The van der Waals surface area contributed by atoms with Gasteiger partial charge in [-0.2, -0.15) is 0 Å². The summed E-state index contributed by atoms with van der Waals surface area (Å²) in [7, 11) is 0. The van der Waals surface area contributed by atoms with E-state index in [0.717, 1.165) is 79.8 Å². The third kappa shape index (κ3) is 6.63. The number of nitrogens with one attached hydrogen (secondary N) is 1. The first kappa shape index (κ1) is 29.8. The fraction of sp³-hybridized carbons (Fsp3) is 0.562. The number of aliphatic hydroxyl groups excluding tert-OH is 1. The summed E-state index contributed by atoms with van der Waals surface area (Å²) in [5.74, 6) is 0.531. The van der Waals surface area contributed by atoms with Crippen LogP contribution in [0.3, 0.4) is 0 Å². The maximum atomic E-state index is 13.7. The molecule has 6 rings (SSSR count). The second-order valence-corrected chi connectivity index (χ2v) is 14.3. The lowest BCUT2D eigenvalue weighted by molar-refractivity contribution is -0.117. The molecule has 43 heavy (non-hydrogen) atoms. The molecule has 2 saturated heterocycles. The number of amides is 3. The number of hydrogen-bond acceptors (Lipinski definition) is 9. The molecule has 0 radical (unpaired) electrons. The highest BCUT2D eigenvalue weighted by Gasteiger charge is 2.31. The summed E-state index contributed by atoms with van der Waals surface area (Å²) in [6.45, 7) is 9.31. The van der Waals surface area contributed by atoms with Crippen molar-refractivity contribution in [2.45, 2.75) is 77.7 Å². The molecule has 0 unspecified atom stereocenters. The van der Waals surface area contributed by atoms with E-state index in [1.807, 2.05) is 6.07 Å². The van der Waals surface area contributed by atoms with E-state index in [-0.39, 0.29) is 42.1 Å². The summed E-state index contributed by atoms with van der Waals surface area (Å²) in [5.41, 5.74) is 4.34. The van der Waals surface area contributed by atoms with Crippen LogP contribution in [0.15, 0.2) is 24.4 Å². The number of rotatable bonds is 8. The Hall–Kier alpha value is -3.28. The number of urea groups is 1. The molecule has 0 saturated carbocycles. The number of anilines is 1. The van der Waals surface area contributed by atoms with E-state index in [1.54, 1.807) is 12.3 Å². The summed E-state index contributed by atoms with van der Waals surface area (Å²) < 4.78 is 0. The van der Waals surface area contributed by atoms with Gasteiger partial charge in [-0.25, -0.2) is 19.7 Å². The molecule has 10 nitrogen and oxygen atoms in total. The molecule has 1 aliphatic carbocycles. The van der Waals surface area contributed by atoms with E-state index in [1.165, 1.54) is 21.8 Å². The van der Waals surface area contributed by atoms with Crippen molar-refractivity contribution >= 4 is 45.2 Å². The first-order valence-electron chi connectivity index (χ1n) is 15.3. The van der Waals surface area contributed by atoms with Crippen LogP contribution in [0.1, 0.15) is 85.4 Å².